The first-order chi connectivity index (χ1) is 12.5. The van der Waals surface area contributed by atoms with Crippen LogP contribution in [0.2, 0.25) is 0 Å². The van der Waals surface area contributed by atoms with Crippen LogP contribution in [0.25, 0.3) is 0 Å². The van der Waals surface area contributed by atoms with E-state index in [1.54, 1.807) is 0 Å². The zero-order valence-electron chi connectivity index (χ0n) is 16.0. The van der Waals surface area contributed by atoms with Gasteiger partial charge in [0.2, 0.25) is 0 Å². The molecule has 8 fully saturated rings. The van der Waals surface area contributed by atoms with Crippen molar-refractivity contribution in [3.8, 4) is 0 Å². The number of fused-ring (bicyclic) bond motifs is 2. The Bertz CT molecular complexity index is 666. The van der Waals surface area contributed by atoms with Gasteiger partial charge in [0.05, 0.1) is 18.8 Å². The molecule has 5 saturated carbocycles. The average molecular weight is 360 g/mol. The van der Waals surface area contributed by atoms with Crippen LogP contribution in [-0.2, 0) is 4.74 Å². The van der Waals surface area contributed by atoms with E-state index in [1.165, 1.54) is 32.1 Å². The molecule has 0 aromatic carbocycles. The second kappa shape index (κ2) is 4.94. The SMILES string of the molecule is C=C1[C@H]2CC[C@]3([C@@H]1O)[C@H]1C[C@@H]4[C@@]5(C)CCC[C@@]4(C(O1)N(CCO)C5)[C@@H]3C2. The summed E-state index contributed by atoms with van der Waals surface area (Å²) < 4.78 is 6.86. The molecule has 144 valence electrons. The molecule has 0 aromatic heterocycles. The number of ether oxygens (including phenoxy) is 1. The maximum absolute atomic E-state index is 11.3. The van der Waals surface area contributed by atoms with E-state index in [9.17, 15) is 10.2 Å². The van der Waals surface area contributed by atoms with E-state index in [2.05, 4.69) is 18.4 Å². The number of piperidine rings is 1. The first-order valence-corrected chi connectivity index (χ1v) is 10.8. The van der Waals surface area contributed by atoms with Gasteiger partial charge in [-0.15, -0.1) is 0 Å². The summed E-state index contributed by atoms with van der Waals surface area (Å²) in [5.41, 5.74) is 1.53. The van der Waals surface area contributed by atoms with Crippen LogP contribution in [0.1, 0.15) is 51.9 Å². The lowest BCUT2D eigenvalue weighted by Gasteiger charge is -2.79. The Balaban J connectivity index is 1.53. The Morgan fingerprint density at radius 3 is 2.85 bits per heavy atom. The van der Waals surface area contributed by atoms with Gasteiger partial charge in [0.25, 0.3) is 0 Å². The molecule has 2 spiro atoms. The van der Waals surface area contributed by atoms with Crippen LogP contribution in [0.4, 0.5) is 0 Å². The number of aliphatic hydroxyl groups is 2. The normalized spacial score (nSPS) is 60.2. The van der Waals surface area contributed by atoms with Crippen LogP contribution in [0.15, 0.2) is 12.2 Å². The molecule has 26 heavy (non-hydrogen) atoms. The summed E-state index contributed by atoms with van der Waals surface area (Å²) in [6.07, 6.45) is 8.43. The zero-order chi connectivity index (χ0) is 17.9. The van der Waals surface area contributed by atoms with E-state index < -0.39 is 0 Å². The van der Waals surface area contributed by atoms with E-state index in [1.807, 2.05) is 0 Å². The number of aliphatic hydroxyl groups excluding tert-OH is 2. The molecule has 9 atom stereocenters. The molecule has 4 heteroatoms. The maximum atomic E-state index is 11.3. The summed E-state index contributed by atoms with van der Waals surface area (Å²) in [5.74, 6) is 1.79. The molecular weight excluding hydrogens is 326 g/mol. The first kappa shape index (κ1) is 16.5. The number of likely N-dealkylation sites (tertiary alicyclic amines) is 1. The number of nitrogens with zero attached hydrogens (tertiary/aromatic N) is 1. The molecule has 3 saturated heterocycles. The Morgan fingerprint density at radius 2 is 2.04 bits per heavy atom. The van der Waals surface area contributed by atoms with Crippen LogP contribution in [-0.4, -0.2) is 53.2 Å². The lowest BCUT2D eigenvalue weighted by atomic mass is 9.32. The van der Waals surface area contributed by atoms with Crippen molar-refractivity contribution >= 4 is 0 Å². The number of rotatable bonds is 2. The van der Waals surface area contributed by atoms with Crippen molar-refractivity contribution < 1.29 is 14.9 Å². The Kier molecular flexibility index (Phi) is 3.14. The molecule has 0 radical (unpaired) electrons. The molecule has 3 heterocycles. The highest BCUT2D eigenvalue weighted by molar-refractivity contribution is 5.32. The van der Waals surface area contributed by atoms with Crippen molar-refractivity contribution in [3.05, 3.63) is 12.2 Å². The Morgan fingerprint density at radius 1 is 1.19 bits per heavy atom. The number of β-amino-alcohol motifs (C(OH)–C–C–N with tert-alkyl or cyclic N) is 1. The molecule has 2 N–H and O–H groups in total. The van der Waals surface area contributed by atoms with Gasteiger partial charge in [-0.2, -0.15) is 0 Å². The molecule has 4 nitrogen and oxygen atoms in total. The van der Waals surface area contributed by atoms with E-state index >= 15 is 0 Å². The highest BCUT2D eigenvalue weighted by Crippen LogP contribution is 2.78. The molecule has 7 bridgehead atoms. The molecular formula is C22H33NO3. The highest BCUT2D eigenvalue weighted by Gasteiger charge is 2.78. The average Bonchev–Trinajstić information content (AvgIpc) is 2.63. The maximum Gasteiger partial charge on any atom is 0.117 e. The fourth-order valence-corrected chi connectivity index (χ4v) is 9.30. The van der Waals surface area contributed by atoms with E-state index in [0.717, 1.165) is 37.4 Å². The van der Waals surface area contributed by atoms with Gasteiger partial charge in [0.15, 0.2) is 0 Å². The van der Waals surface area contributed by atoms with Crippen LogP contribution in [0.5, 0.6) is 0 Å². The minimum absolute atomic E-state index is 0.0840. The van der Waals surface area contributed by atoms with E-state index in [0.29, 0.717) is 17.3 Å². The van der Waals surface area contributed by atoms with Crippen LogP contribution < -0.4 is 0 Å². The third-order valence-corrected chi connectivity index (χ3v) is 10.1. The minimum atomic E-state index is -0.373. The molecule has 8 rings (SSSR count). The third-order valence-electron chi connectivity index (χ3n) is 10.1. The lowest BCUT2D eigenvalue weighted by Crippen LogP contribution is -2.82. The summed E-state index contributed by atoms with van der Waals surface area (Å²) in [7, 11) is 0. The second-order valence-electron chi connectivity index (χ2n) is 10.7. The summed E-state index contributed by atoms with van der Waals surface area (Å²) in [4.78, 5) is 2.47. The predicted molar refractivity (Wildman–Crippen MR) is 98.2 cm³/mol. The van der Waals surface area contributed by atoms with Gasteiger partial charge in [-0.3, -0.25) is 4.90 Å². The van der Waals surface area contributed by atoms with Gasteiger partial charge in [0, 0.05) is 23.9 Å². The smallest absolute Gasteiger partial charge is 0.117 e. The second-order valence-corrected chi connectivity index (χ2v) is 10.7. The topological polar surface area (TPSA) is 52.9 Å². The monoisotopic (exact) mass is 359 g/mol. The molecule has 0 aromatic rings. The third kappa shape index (κ3) is 1.57. The molecule has 1 unspecified atom stereocenters. The van der Waals surface area contributed by atoms with Gasteiger partial charge in [-0.1, -0.05) is 19.9 Å². The van der Waals surface area contributed by atoms with E-state index in [4.69, 9.17) is 4.74 Å². The quantitative estimate of drug-likeness (QED) is 0.744. The number of hydrogen-bond acceptors (Lipinski definition) is 4. The number of hydrogen-bond donors (Lipinski definition) is 2. The first-order valence-electron chi connectivity index (χ1n) is 10.8. The summed E-state index contributed by atoms with van der Waals surface area (Å²) in [6.45, 7) is 8.80. The van der Waals surface area contributed by atoms with Crippen molar-refractivity contribution in [2.24, 2.45) is 34.0 Å². The Labute approximate surface area is 156 Å². The zero-order valence-corrected chi connectivity index (χ0v) is 16.0. The van der Waals surface area contributed by atoms with Gasteiger partial charge in [0.1, 0.15) is 6.23 Å². The van der Waals surface area contributed by atoms with Crippen molar-refractivity contribution in [1.82, 2.24) is 4.90 Å². The standard InChI is InChI=1S/C22H33NO3/c1-13-14-4-7-22(18(13)25)16(10-14)21-6-3-5-20(2)12-23(8-9-24)19(21)26-17(22)11-15(20)21/h14-19,24-25H,1,3-12H2,2H3/t14-,15+,16-,17+,18+,19?,20-,21-,22+/m0/s1. The summed E-state index contributed by atoms with van der Waals surface area (Å²) in [5, 5.41) is 21.0. The molecule has 0 amide bonds. The van der Waals surface area contributed by atoms with Gasteiger partial charge in [-0.05, 0) is 67.3 Å². The van der Waals surface area contributed by atoms with Gasteiger partial charge in [-0.25, -0.2) is 0 Å². The van der Waals surface area contributed by atoms with Crippen LogP contribution in [0.3, 0.4) is 0 Å². The largest absolute Gasteiger partial charge is 0.395 e. The molecule has 5 aliphatic carbocycles. The molecule has 3 aliphatic heterocycles. The minimum Gasteiger partial charge on any atom is -0.395 e. The fourth-order valence-electron chi connectivity index (χ4n) is 9.30. The van der Waals surface area contributed by atoms with Crippen molar-refractivity contribution in [3.63, 3.8) is 0 Å². The van der Waals surface area contributed by atoms with Gasteiger partial charge < -0.3 is 14.9 Å². The van der Waals surface area contributed by atoms with Crippen molar-refractivity contribution in [1.29, 1.82) is 0 Å². The fraction of sp³-hybridized carbons (Fsp3) is 0.909. The van der Waals surface area contributed by atoms with Gasteiger partial charge >= 0.3 is 0 Å². The highest BCUT2D eigenvalue weighted by atomic mass is 16.5. The predicted octanol–water partition coefficient (Wildman–Crippen LogP) is 2.55. The summed E-state index contributed by atoms with van der Waals surface area (Å²) >= 11 is 0. The van der Waals surface area contributed by atoms with Crippen molar-refractivity contribution in [2.75, 3.05) is 19.7 Å². The summed E-state index contributed by atoms with van der Waals surface area (Å²) in [6, 6.07) is 0. The van der Waals surface area contributed by atoms with Crippen LogP contribution in [0, 0.1) is 34.0 Å². The lowest BCUT2D eigenvalue weighted by molar-refractivity contribution is -0.405. The van der Waals surface area contributed by atoms with Crippen LogP contribution >= 0.6 is 0 Å². The van der Waals surface area contributed by atoms with E-state index in [-0.39, 0.29) is 35.9 Å². The molecule has 8 aliphatic rings. The Hall–Kier alpha value is -0.420. The van der Waals surface area contributed by atoms with Crippen molar-refractivity contribution in [2.45, 2.75) is 70.3 Å².